The van der Waals surface area contributed by atoms with E-state index in [1.807, 2.05) is 0 Å². The standard InChI is InChI=1S/C18H24IN5O4/c19-18-22-15(21-11(9-4-5-9)8-2-1-3-8)12-16(23-18)24(7-20-12)17-14(27)13(26)10(6-25)28-17/h7-11,13-14,17,25-27H,1-6H2,(H,21,22,23)/t10-,11-,13-,14-,17-/m1/s1. The van der Waals surface area contributed by atoms with Crippen molar-refractivity contribution in [3.05, 3.63) is 10.2 Å². The fourth-order valence-corrected chi connectivity index (χ4v) is 4.79. The molecule has 4 N–H and O–H groups in total. The molecule has 1 saturated heterocycles. The SMILES string of the molecule is OC[C@H]1O[C@@H](n2cnc3c(N[C@H](C4CCC4)C4CC4)nc(I)nc32)[C@H](O)[C@@H]1O. The lowest BCUT2D eigenvalue weighted by Crippen LogP contribution is -2.36. The zero-order valence-electron chi connectivity index (χ0n) is 15.3. The number of hydrogen-bond donors (Lipinski definition) is 4. The van der Waals surface area contributed by atoms with Crippen molar-refractivity contribution >= 4 is 39.6 Å². The first kappa shape index (κ1) is 18.9. The second-order valence-electron chi connectivity index (χ2n) is 8.09. The summed E-state index contributed by atoms with van der Waals surface area (Å²) in [6.07, 6.45) is 3.86. The number of hydrogen-bond acceptors (Lipinski definition) is 8. The third-order valence-electron chi connectivity index (χ3n) is 6.28. The minimum Gasteiger partial charge on any atom is -0.394 e. The largest absolute Gasteiger partial charge is 0.394 e. The van der Waals surface area contributed by atoms with Crippen LogP contribution in [0.2, 0.25) is 0 Å². The minimum atomic E-state index is -1.17. The van der Waals surface area contributed by atoms with Gasteiger partial charge in [0.05, 0.1) is 12.9 Å². The Morgan fingerprint density at radius 3 is 2.54 bits per heavy atom. The van der Waals surface area contributed by atoms with Crippen LogP contribution < -0.4 is 5.32 Å². The van der Waals surface area contributed by atoms with Crippen LogP contribution in [0.4, 0.5) is 5.82 Å². The normalized spacial score (nSPS) is 31.9. The predicted molar refractivity (Wildman–Crippen MR) is 109 cm³/mol. The minimum absolute atomic E-state index is 0.370. The molecule has 0 bridgehead atoms. The summed E-state index contributed by atoms with van der Waals surface area (Å²) in [6.45, 7) is -0.370. The Hall–Kier alpha value is -1.08. The van der Waals surface area contributed by atoms with E-state index in [-0.39, 0.29) is 6.61 Å². The van der Waals surface area contributed by atoms with Gasteiger partial charge >= 0.3 is 0 Å². The van der Waals surface area contributed by atoms with Crippen LogP contribution in [0.3, 0.4) is 0 Å². The zero-order valence-corrected chi connectivity index (χ0v) is 17.4. The molecule has 9 nitrogen and oxygen atoms in total. The fraction of sp³-hybridized carbons (Fsp3) is 0.722. The number of rotatable bonds is 6. The summed E-state index contributed by atoms with van der Waals surface area (Å²) in [5, 5.41) is 33.4. The summed E-state index contributed by atoms with van der Waals surface area (Å²) in [7, 11) is 0. The number of nitrogens with zero attached hydrogens (tertiary/aromatic N) is 4. The summed E-state index contributed by atoms with van der Waals surface area (Å²) in [5.74, 6) is 2.11. The van der Waals surface area contributed by atoms with Crippen molar-refractivity contribution in [2.24, 2.45) is 11.8 Å². The molecule has 0 unspecified atom stereocenters. The number of halogens is 1. The van der Waals surface area contributed by atoms with E-state index in [2.05, 4.69) is 42.9 Å². The van der Waals surface area contributed by atoms with Gasteiger partial charge in [0.15, 0.2) is 27.0 Å². The van der Waals surface area contributed by atoms with Crippen LogP contribution in [0.15, 0.2) is 6.33 Å². The number of aliphatic hydroxyl groups excluding tert-OH is 3. The van der Waals surface area contributed by atoms with E-state index >= 15 is 0 Å². The molecule has 5 atom stereocenters. The Morgan fingerprint density at radius 1 is 1.18 bits per heavy atom. The molecule has 0 amide bonds. The van der Waals surface area contributed by atoms with E-state index in [4.69, 9.17) is 4.74 Å². The van der Waals surface area contributed by atoms with Crippen LogP contribution in [0.25, 0.3) is 11.2 Å². The quantitative estimate of drug-likeness (QED) is 0.342. The number of ether oxygens (including phenoxy) is 1. The Balaban J connectivity index is 1.49. The van der Waals surface area contributed by atoms with Gasteiger partial charge in [-0.3, -0.25) is 4.57 Å². The number of aromatic nitrogens is 4. The summed E-state index contributed by atoms with van der Waals surface area (Å²) in [6, 6.07) is 0.418. The van der Waals surface area contributed by atoms with Crippen LogP contribution in [-0.4, -0.2) is 65.8 Å². The summed E-state index contributed by atoms with van der Waals surface area (Å²) >= 11 is 2.08. The summed E-state index contributed by atoms with van der Waals surface area (Å²) in [4.78, 5) is 13.6. The molecule has 2 aromatic heterocycles. The van der Waals surface area contributed by atoms with E-state index in [0.29, 0.717) is 38.7 Å². The highest BCUT2D eigenvalue weighted by Crippen LogP contribution is 2.44. The van der Waals surface area contributed by atoms with E-state index in [1.54, 1.807) is 10.9 Å². The molecular weight excluding hydrogens is 477 g/mol. The number of nitrogens with one attached hydrogen (secondary N) is 1. The molecule has 3 aliphatic rings. The molecule has 2 aromatic rings. The number of fused-ring (bicyclic) bond motifs is 1. The molecule has 0 spiro atoms. The smallest absolute Gasteiger partial charge is 0.194 e. The van der Waals surface area contributed by atoms with Crippen molar-refractivity contribution in [3.8, 4) is 0 Å². The second-order valence-corrected chi connectivity index (χ2v) is 9.06. The third kappa shape index (κ3) is 3.18. The molecule has 5 rings (SSSR count). The number of anilines is 1. The molecule has 0 radical (unpaired) electrons. The molecule has 1 aliphatic heterocycles. The maximum atomic E-state index is 10.4. The van der Waals surface area contributed by atoms with Crippen molar-refractivity contribution in [1.82, 2.24) is 19.5 Å². The Labute approximate surface area is 175 Å². The van der Waals surface area contributed by atoms with E-state index in [9.17, 15) is 15.3 Å². The third-order valence-corrected chi connectivity index (χ3v) is 6.76. The Bertz CT molecular complexity index is 871. The zero-order chi connectivity index (χ0) is 19.4. The molecule has 2 saturated carbocycles. The number of aliphatic hydroxyl groups is 3. The lowest BCUT2D eigenvalue weighted by Gasteiger charge is -2.35. The average molecular weight is 501 g/mol. The van der Waals surface area contributed by atoms with Crippen LogP contribution in [0, 0.1) is 15.7 Å². The van der Waals surface area contributed by atoms with E-state index in [1.165, 1.54) is 32.1 Å². The maximum Gasteiger partial charge on any atom is 0.194 e. The molecular formula is C18H24IN5O4. The van der Waals surface area contributed by atoms with Gasteiger partial charge in [-0.1, -0.05) is 6.42 Å². The second kappa shape index (κ2) is 7.31. The van der Waals surface area contributed by atoms with E-state index < -0.39 is 24.5 Å². The fourth-order valence-electron chi connectivity index (χ4n) is 4.32. The van der Waals surface area contributed by atoms with Crippen molar-refractivity contribution in [2.45, 2.75) is 62.7 Å². The van der Waals surface area contributed by atoms with Crippen molar-refractivity contribution in [2.75, 3.05) is 11.9 Å². The van der Waals surface area contributed by atoms with Gasteiger partial charge in [0, 0.05) is 28.6 Å². The monoisotopic (exact) mass is 501 g/mol. The van der Waals surface area contributed by atoms with Crippen LogP contribution >= 0.6 is 22.6 Å². The van der Waals surface area contributed by atoms with Gasteiger partial charge in [-0.2, -0.15) is 0 Å². The summed E-state index contributed by atoms with van der Waals surface area (Å²) < 4.78 is 7.84. The van der Waals surface area contributed by atoms with Gasteiger partial charge in [-0.15, -0.1) is 0 Å². The van der Waals surface area contributed by atoms with Gasteiger partial charge in [0.1, 0.15) is 18.3 Å². The molecule has 3 heterocycles. The molecule has 2 aliphatic carbocycles. The molecule has 3 fully saturated rings. The van der Waals surface area contributed by atoms with Crippen LogP contribution in [-0.2, 0) is 4.74 Å². The highest BCUT2D eigenvalue weighted by Gasteiger charge is 2.44. The van der Waals surface area contributed by atoms with Gasteiger partial charge in [-0.25, -0.2) is 15.0 Å². The first-order valence-electron chi connectivity index (χ1n) is 9.86. The topological polar surface area (TPSA) is 126 Å². The van der Waals surface area contributed by atoms with E-state index in [0.717, 1.165) is 0 Å². The van der Waals surface area contributed by atoms with Gasteiger partial charge in [0.2, 0.25) is 0 Å². The van der Waals surface area contributed by atoms with Crippen LogP contribution in [0.1, 0.15) is 38.3 Å². The summed E-state index contributed by atoms with van der Waals surface area (Å²) in [5.41, 5.74) is 1.17. The maximum absolute atomic E-state index is 10.4. The highest BCUT2D eigenvalue weighted by atomic mass is 127. The molecule has 28 heavy (non-hydrogen) atoms. The number of imidazole rings is 1. The predicted octanol–water partition coefficient (Wildman–Crippen LogP) is 1.03. The molecule has 152 valence electrons. The lowest BCUT2D eigenvalue weighted by atomic mass is 9.78. The van der Waals surface area contributed by atoms with Crippen LogP contribution in [0.5, 0.6) is 0 Å². The van der Waals surface area contributed by atoms with Gasteiger partial charge in [0.25, 0.3) is 0 Å². The van der Waals surface area contributed by atoms with Crippen molar-refractivity contribution < 1.29 is 20.1 Å². The first-order valence-corrected chi connectivity index (χ1v) is 10.9. The molecule has 10 heteroatoms. The lowest BCUT2D eigenvalue weighted by molar-refractivity contribution is -0.0511. The van der Waals surface area contributed by atoms with Crippen molar-refractivity contribution in [1.29, 1.82) is 0 Å². The van der Waals surface area contributed by atoms with Gasteiger partial charge < -0.3 is 25.4 Å². The first-order chi connectivity index (χ1) is 13.6. The Kier molecular flexibility index (Phi) is 4.94. The molecule has 0 aromatic carbocycles. The Morgan fingerprint density at radius 2 is 1.93 bits per heavy atom. The highest BCUT2D eigenvalue weighted by molar-refractivity contribution is 14.1. The average Bonchev–Trinajstić information content (AvgIpc) is 3.34. The van der Waals surface area contributed by atoms with Gasteiger partial charge in [-0.05, 0) is 37.5 Å². The van der Waals surface area contributed by atoms with Crippen molar-refractivity contribution in [3.63, 3.8) is 0 Å².